The van der Waals surface area contributed by atoms with Crippen molar-refractivity contribution in [1.29, 1.82) is 0 Å². The van der Waals surface area contributed by atoms with E-state index in [2.05, 4.69) is 15.2 Å². The Balaban J connectivity index is 1.46. The quantitative estimate of drug-likeness (QED) is 0.901. The molecule has 7 nitrogen and oxygen atoms in total. The smallest absolute Gasteiger partial charge is 0.287 e. The number of carbonyl (C=O) groups excluding carboxylic acids is 2. The fourth-order valence-corrected chi connectivity index (χ4v) is 2.49. The second-order valence-corrected chi connectivity index (χ2v) is 5.22. The van der Waals surface area contributed by atoms with Gasteiger partial charge in [0.2, 0.25) is 5.91 Å². The van der Waals surface area contributed by atoms with Crippen molar-refractivity contribution in [1.82, 2.24) is 15.2 Å². The lowest BCUT2D eigenvalue weighted by Crippen LogP contribution is -2.51. The fourth-order valence-electron chi connectivity index (χ4n) is 2.49. The second kappa shape index (κ2) is 6.95. The summed E-state index contributed by atoms with van der Waals surface area (Å²) in [6.45, 7) is 2.67. The van der Waals surface area contributed by atoms with Crippen LogP contribution in [-0.2, 0) is 4.79 Å². The van der Waals surface area contributed by atoms with E-state index in [0.29, 0.717) is 13.1 Å². The maximum absolute atomic E-state index is 12.2. The van der Waals surface area contributed by atoms with E-state index < -0.39 is 0 Å². The molecule has 120 valence electrons. The standard InChI is InChI=1S/C16H18N4O3/c21-15(12-18-16(22)13-4-3-11-23-13)20-9-7-19(8-10-20)14-5-1-2-6-17-14/h1-6,11H,7-10,12H2,(H,18,22). The molecule has 0 radical (unpaired) electrons. The minimum atomic E-state index is -0.379. The fraction of sp³-hybridized carbons (Fsp3) is 0.312. The van der Waals surface area contributed by atoms with E-state index in [1.807, 2.05) is 18.2 Å². The molecule has 1 aliphatic heterocycles. The predicted octanol–water partition coefficient (Wildman–Crippen LogP) is 0.753. The summed E-state index contributed by atoms with van der Waals surface area (Å²) in [7, 11) is 0. The third kappa shape index (κ3) is 3.68. The molecule has 3 rings (SSSR count). The number of amides is 2. The van der Waals surface area contributed by atoms with Crippen molar-refractivity contribution in [3.63, 3.8) is 0 Å². The van der Waals surface area contributed by atoms with Crippen LogP contribution in [0.15, 0.2) is 47.2 Å². The van der Waals surface area contributed by atoms with Crippen LogP contribution in [0.2, 0.25) is 0 Å². The monoisotopic (exact) mass is 314 g/mol. The topological polar surface area (TPSA) is 78.7 Å². The molecule has 1 saturated heterocycles. The zero-order valence-electron chi connectivity index (χ0n) is 12.6. The van der Waals surface area contributed by atoms with Gasteiger partial charge in [-0.25, -0.2) is 4.98 Å². The Kier molecular flexibility index (Phi) is 4.56. The average molecular weight is 314 g/mol. The van der Waals surface area contributed by atoms with Gasteiger partial charge in [-0.3, -0.25) is 9.59 Å². The van der Waals surface area contributed by atoms with Gasteiger partial charge in [0.25, 0.3) is 5.91 Å². The van der Waals surface area contributed by atoms with Gasteiger partial charge in [-0.1, -0.05) is 6.07 Å². The van der Waals surface area contributed by atoms with Crippen molar-refractivity contribution < 1.29 is 14.0 Å². The summed E-state index contributed by atoms with van der Waals surface area (Å²) in [4.78, 5) is 32.1. The molecule has 1 N–H and O–H groups in total. The van der Waals surface area contributed by atoms with Crippen LogP contribution in [0, 0.1) is 0 Å². The van der Waals surface area contributed by atoms with Gasteiger partial charge in [0.15, 0.2) is 5.76 Å². The Labute approximate surface area is 133 Å². The number of nitrogens with one attached hydrogen (secondary N) is 1. The first kappa shape index (κ1) is 15.1. The number of anilines is 1. The first-order valence-corrected chi connectivity index (χ1v) is 7.49. The number of hydrogen-bond donors (Lipinski definition) is 1. The zero-order valence-corrected chi connectivity index (χ0v) is 12.6. The van der Waals surface area contributed by atoms with E-state index in [0.717, 1.165) is 18.9 Å². The highest BCUT2D eigenvalue weighted by molar-refractivity contribution is 5.94. The second-order valence-electron chi connectivity index (χ2n) is 5.22. The minimum Gasteiger partial charge on any atom is -0.459 e. The molecule has 3 heterocycles. The molecule has 1 aliphatic rings. The number of carbonyl (C=O) groups is 2. The summed E-state index contributed by atoms with van der Waals surface area (Å²) in [5.74, 6) is 0.657. The van der Waals surface area contributed by atoms with E-state index in [9.17, 15) is 9.59 Å². The Morgan fingerprint density at radius 1 is 1.13 bits per heavy atom. The molecule has 23 heavy (non-hydrogen) atoms. The number of aromatic nitrogens is 1. The van der Waals surface area contributed by atoms with Gasteiger partial charge < -0.3 is 19.5 Å². The molecule has 2 amide bonds. The van der Waals surface area contributed by atoms with Crippen LogP contribution < -0.4 is 10.2 Å². The molecule has 0 atom stereocenters. The minimum absolute atomic E-state index is 0.0247. The van der Waals surface area contributed by atoms with Gasteiger partial charge in [0.05, 0.1) is 12.8 Å². The summed E-state index contributed by atoms with van der Waals surface area (Å²) in [6.07, 6.45) is 3.19. The Bertz CT molecular complexity index is 649. The molecule has 0 aliphatic carbocycles. The lowest BCUT2D eigenvalue weighted by Gasteiger charge is -2.35. The van der Waals surface area contributed by atoms with E-state index in [1.54, 1.807) is 23.2 Å². The number of rotatable bonds is 4. The van der Waals surface area contributed by atoms with Gasteiger partial charge in [-0.2, -0.15) is 0 Å². The largest absolute Gasteiger partial charge is 0.459 e. The van der Waals surface area contributed by atoms with E-state index >= 15 is 0 Å². The van der Waals surface area contributed by atoms with Crippen molar-refractivity contribution in [3.8, 4) is 0 Å². The Hall–Kier alpha value is -2.83. The first-order chi connectivity index (χ1) is 11.2. The maximum Gasteiger partial charge on any atom is 0.287 e. The lowest BCUT2D eigenvalue weighted by atomic mass is 10.3. The van der Waals surface area contributed by atoms with E-state index in [1.165, 1.54) is 6.26 Å². The highest BCUT2D eigenvalue weighted by atomic mass is 16.3. The molecule has 2 aromatic heterocycles. The van der Waals surface area contributed by atoms with E-state index in [-0.39, 0.29) is 24.1 Å². The van der Waals surface area contributed by atoms with Gasteiger partial charge >= 0.3 is 0 Å². The zero-order chi connectivity index (χ0) is 16.1. The Morgan fingerprint density at radius 3 is 2.61 bits per heavy atom. The third-order valence-electron chi connectivity index (χ3n) is 3.75. The van der Waals surface area contributed by atoms with Gasteiger partial charge in [0.1, 0.15) is 5.82 Å². The van der Waals surface area contributed by atoms with Crippen molar-refractivity contribution in [2.45, 2.75) is 0 Å². The summed E-state index contributed by atoms with van der Waals surface area (Å²) < 4.78 is 4.99. The number of pyridine rings is 1. The SMILES string of the molecule is O=C(NCC(=O)N1CCN(c2ccccn2)CC1)c1ccco1. The van der Waals surface area contributed by atoms with Crippen LogP contribution in [0.1, 0.15) is 10.6 Å². The number of nitrogens with zero attached hydrogens (tertiary/aromatic N) is 3. The number of piperazine rings is 1. The molecule has 0 saturated carbocycles. The summed E-state index contributed by atoms with van der Waals surface area (Å²) in [6, 6.07) is 8.98. The van der Waals surface area contributed by atoms with Crippen LogP contribution in [0.4, 0.5) is 5.82 Å². The van der Waals surface area contributed by atoms with Crippen LogP contribution in [0.3, 0.4) is 0 Å². The van der Waals surface area contributed by atoms with Crippen molar-refractivity contribution in [2.24, 2.45) is 0 Å². The first-order valence-electron chi connectivity index (χ1n) is 7.49. The highest BCUT2D eigenvalue weighted by Gasteiger charge is 2.22. The number of hydrogen-bond acceptors (Lipinski definition) is 5. The number of furan rings is 1. The normalized spacial score (nSPS) is 14.6. The molecule has 2 aromatic rings. The summed E-state index contributed by atoms with van der Waals surface area (Å²) in [5.41, 5.74) is 0. The molecule has 0 unspecified atom stereocenters. The van der Waals surface area contributed by atoms with Gasteiger partial charge in [-0.05, 0) is 24.3 Å². The summed E-state index contributed by atoms with van der Waals surface area (Å²) in [5, 5.41) is 2.58. The highest BCUT2D eigenvalue weighted by Crippen LogP contribution is 2.12. The molecule has 7 heteroatoms. The molecule has 1 fully saturated rings. The molecule has 0 bridgehead atoms. The van der Waals surface area contributed by atoms with Crippen molar-refractivity contribution in [3.05, 3.63) is 48.6 Å². The van der Waals surface area contributed by atoms with E-state index in [4.69, 9.17) is 4.42 Å². The molecule has 0 aromatic carbocycles. The summed E-state index contributed by atoms with van der Waals surface area (Å²) >= 11 is 0. The molecule has 0 spiro atoms. The van der Waals surface area contributed by atoms with Gasteiger partial charge in [0, 0.05) is 32.4 Å². The Morgan fingerprint density at radius 2 is 1.96 bits per heavy atom. The van der Waals surface area contributed by atoms with Crippen molar-refractivity contribution in [2.75, 3.05) is 37.6 Å². The molecular formula is C16H18N4O3. The predicted molar refractivity (Wildman–Crippen MR) is 84.1 cm³/mol. The van der Waals surface area contributed by atoms with Gasteiger partial charge in [-0.15, -0.1) is 0 Å². The third-order valence-corrected chi connectivity index (χ3v) is 3.75. The lowest BCUT2D eigenvalue weighted by molar-refractivity contribution is -0.130. The van der Waals surface area contributed by atoms with Crippen LogP contribution in [0.5, 0.6) is 0 Å². The molecular weight excluding hydrogens is 296 g/mol. The van der Waals surface area contributed by atoms with Crippen LogP contribution in [-0.4, -0.2) is 54.4 Å². The van der Waals surface area contributed by atoms with Crippen LogP contribution >= 0.6 is 0 Å². The average Bonchev–Trinajstić information content (AvgIpc) is 3.15. The van der Waals surface area contributed by atoms with Crippen molar-refractivity contribution >= 4 is 17.6 Å². The van der Waals surface area contributed by atoms with Crippen LogP contribution in [0.25, 0.3) is 0 Å². The maximum atomic E-state index is 12.2.